The number of fused-ring (bicyclic) bond motifs is 3. The molecule has 1 aliphatic heterocycles. The second-order valence-electron chi connectivity index (χ2n) is 7.68. The maximum atomic E-state index is 13.6. The average Bonchev–Trinajstić information content (AvgIpc) is 3.43. The molecular weight excluding hydrogens is 488 g/mol. The Bertz CT molecular complexity index is 1510. The number of nitrogens with zero attached hydrogens (tertiary/aromatic N) is 2. The van der Waals surface area contributed by atoms with Gasteiger partial charge in [-0.2, -0.15) is 0 Å². The molecule has 152 valence electrons. The minimum atomic E-state index is -0.0772. The van der Waals surface area contributed by atoms with E-state index in [9.17, 15) is 4.79 Å². The highest BCUT2D eigenvalue weighted by molar-refractivity contribution is 9.10. The van der Waals surface area contributed by atoms with Crippen LogP contribution in [0.2, 0.25) is 0 Å². The first-order valence-electron chi connectivity index (χ1n) is 10.1. The van der Waals surface area contributed by atoms with Gasteiger partial charge in [-0.3, -0.25) is 9.36 Å². The van der Waals surface area contributed by atoms with Crippen molar-refractivity contribution in [2.75, 3.05) is 0 Å². The Hall–Kier alpha value is -2.54. The van der Waals surface area contributed by atoms with Crippen LogP contribution < -0.4 is 14.9 Å². The van der Waals surface area contributed by atoms with Crippen LogP contribution in [0.3, 0.4) is 0 Å². The molecule has 1 aliphatic carbocycles. The van der Waals surface area contributed by atoms with E-state index in [0.29, 0.717) is 0 Å². The Balaban J connectivity index is 1.62. The second-order valence-corrected chi connectivity index (χ2v) is 10.6. The summed E-state index contributed by atoms with van der Waals surface area (Å²) in [5.74, 6) is 0. The van der Waals surface area contributed by atoms with Crippen molar-refractivity contribution in [2.24, 2.45) is 4.99 Å². The molecule has 1 atom stereocenters. The van der Waals surface area contributed by atoms with Crippen LogP contribution in [0.1, 0.15) is 34.0 Å². The fraction of sp³-hybridized carbons (Fsp3) is 0.120. The summed E-state index contributed by atoms with van der Waals surface area (Å²) < 4.78 is 3.65. The highest BCUT2D eigenvalue weighted by Crippen LogP contribution is 2.42. The Kier molecular flexibility index (Phi) is 4.67. The van der Waals surface area contributed by atoms with Crippen LogP contribution in [0.5, 0.6) is 0 Å². The molecule has 0 saturated carbocycles. The lowest BCUT2D eigenvalue weighted by atomic mass is 9.85. The Morgan fingerprint density at radius 2 is 1.87 bits per heavy atom. The van der Waals surface area contributed by atoms with E-state index in [1.165, 1.54) is 32.9 Å². The largest absolute Gasteiger partial charge is 0.271 e. The van der Waals surface area contributed by atoms with Gasteiger partial charge in [-0.25, -0.2) is 4.99 Å². The first-order valence-corrected chi connectivity index (χ1v) is 12.6. The molecule has 0 spiro atoms. The zero-order valence-corrected chi connectivity index (χ0v) is 19.6. The topological polar surface area (TPSA) is 34.4 Å². The van der Waals surface area contributed by atoms with Crippen molar-refractivity contribution in [1.82, 2.24) is 4.57 Å². The van der Waals surface area contributed by atoms with Gasteiger partial charge in [0.05, 0.1) is 16.3 Å². The van der Waals surface area contributed by atoms with Gasteiger partial charge in [-0.05, 0) is 59.2 Å². The molecule has 3 heterocycles. The number of benzene rings is 2. The van der Waals surface area contributed by atoms with E-state index in [2.05, 4.69) is 57.7 Å². The molecule has 0 saturated heterocycles. The summed E-state index contributed by atoms with van der Waals surface area (Å²) in [4.78, 5) is 20.6. The zero-order valence-electron chi connectivity index (χ0n) is 16.4. The summed E-state index contributed by atoms with van der Waals surface area (Å²) in [6.07, 6.45) is 3.88. The van der Waals surface area contributed by atoms with Crippen molar-refractivity contribution < 1.29 is 0 Å². The number of thiophene rings is 1. The van der Waals surface area contributed by atoms with E-state index in [0.717, 1.165) is 37.9 Å². The van der Waals surface area contributed by atoms with Gasteiger partial charge in [0, 0.05) is 14.9 Å². The highest BCUT2D eigenvalue weighted by Gasteiger charge is 2.32. The van der Waals surface area contributed by atoms with E-state index in [1.54, 1.807) is 11.3 Å². The van der Waals surface area contributed by atoms with Crippen molar-refractivity contribution in [2.45, 2.75) is 18.9 Å². The molecular formula is C25H17BrN2OS2. The van der Waals surface area contributed by atoms with Crippen molar-refractivity contribution in [3.05, 3.63) is 117 Å². The summed E-state index contributed by atoms with van der Waals surface area (Å²) >= 11 is 6.66. The molecule has 2 aromatic carbocycles. The van der Waals surface area contributed by atoms with Gasteiger partial charge in [0.2, 0.25) is 0 Å². The quantitative estimate of drug-likeness (QED) is 0.372. The van der Waals surface area contributed by atoms with Crippen molar-refractivity contribution in [3.8, 4) is 0 Å². The summed E-state index contributed by atoms with van der Waals surface area (Å²) in [5, 5.41) is 2.09. The number of rotatable bonds is 2. The third-order valence-electron chi connectivity index (χ3n) is 5.85. The average molecular weight is 505 g/mol. The lowest BCUT2D eigenvalue weighted by Gasteiger charge is -2.30. The molecule has 6 heteroatoms. The SMILES string of the molecule is O=c1/c(=C\c2ccc(Br)cc2)sc2n1[C@@H](c1cccs1)C1=C(N=2)c2ccccc2CC1. The highest BCUT2D eigenvalue weighted by atomic mass is 79.9. The minimum Gasteiger partial charge on any atom is -0.271 e. The monoisotopic (exact) mass is 504 g/mol. The van der Waals surface area contributed by atoms with Crippen LogP contribution in [-0.2, 0) is 6.42 Å². The summed E-state index contributed by atoms with van der Waals surface area (Å²) in [6.45, 7) is 0. The summed E-state index contributed by atoms with van der Waals surface area (Å²) in [7, 11) is 0. The molecule has 0 N–H and O–H groups in total. The molecule has 4 aromatic rings. The Labute approximate surface area is 195 Å². The van der Waals surface area contributed by atoms with Crippen molar-refractivity contribution >= 4 is 50.4 Å². The van der Waals surface area contributed by atoms with Crippen LogP contribution in [0.15, 0.2) is 85.9 Å². The zero-order chi connectivity index (χ0) is 20.9. The van der Waals surface area contributed by atoms with Gasteiger partial charge in [0.1, 0.15) is 0 Å². The third kappa shape index (κ3) is 3.21. The van der Waals surface area contributed by atoms with Crippen LogP contribution in [0.4, 0.5) is 0 Å². The van der Waals surface area contributed by atoms with Gasteiger partial charge < -0.3 is 0 Å². The standard InChI is InChI=1S/C25H17BrN2OS2/c26-17-10-7-15(8-11-17)14-21-24(29)28-23(20-6-3-13-30-20)19-12-9-16-4-1-2-5-18(16)22(19)27-25(28)31-21/h1-8,10-11,13-14,23H,9,12H2/b21-14+/t23-/m1/s1. The Morgan fingerprint density at radius 3 is 2.68 bits per heavy atom. The van der Waals surface area contributed by atoms with Gasteiger partial charge in [0.25, 0.3) is 5.56 Å². The molecule has 0 radical (unpaired) electrons. The van der Waals surface area contributed by atoms with Crippen molar-refractivity contribution in [3.63, 3.8) is 0 Å². The lowest BCUT2D eigenvalue weighted by Crippen LogP contribution is -2.38. The van der Waals surface area contributed by atoms with Crippen LogP contribution >= 0.6 is 38.6 Å². The van der Waals surface area contributed by atoms with E-state index in [-0.39, 0.29) is 11.6 Å². The first kappa shape index (κ1) is 19.2. The lowest BCUT2D eigenvalue weighted by molar-refractivity contribution is 0.593. The van der Waals surface area contributed by atoms with Crippen LogP contribution in [0, 0.1) is 0 Å². The summed E-state index contributed by atoms with van der Waals surface area (Å²) in [6, 6.07) is 20.7. The van der Waals surface area contributed by atoms with Crippen molar-refractivity contribution in [1.29, 1.82) is 0 Å². The van der Waals surface area contributed by atoms with Crippen LogP contribution in [-0.4, -0.2) is 4.57 Å². The summed E-state index contributed by atoms with van der Waals surface area (Å²) in [5.41, 5.74) is 5.89. The van der Waals surface area contributed by atoms with Gasteiger partial charge in [-0.15, -0.1) is 11.3 Å². The number of aryl methyl sites for hydroxylation is 1. The normalized spacial score (nSPS) is 17.7. The predicted molar refractivity (Wildman–Crippen MR) is 131 cm³/mol. The molecule has 6 rings (SSSR count). The van der Waals surface area contributed by atoms with Gasteiger partial charge in [0.15, 0.2) is 4.80 Å². The molecule has 3 nitrogen and oxygen atoms in total. The van der Waals surface area contributed by atoms with Gasteiger partial charge >= 0.3 is 0 Å². The van der Waals surface area contributed by atoms with E-state index >= 15 is 0 Å². The van der Waals surface area contributed by atoms with Gasteiger partial charge in [-0.1, -0.05) is 69.7 Å². The number of aromatic nitrogens is 1. The number of halogens is 1. The Morgan fingerprint density at radius 1 is 1.03 bits per heavy atom. The maximum Gasteiger partial charge on any atom is 0.271 e. The number of thiazole rings is 1. The number of hydrogen-bond donors (Lipinski definition) is 0. The maximum absolute atomic E-state index is 13.6. The number of hydrogen-bond acceptors (Lipinski definition) is 4. The van der Waals surface area contributed by atoms with Crippen LogP contribution in [0.25, 0.3) is 11.8 Å². The minimum absolute atomic E-state index is 0.0375. The predicted octanol–water partition coefficient (Wildman–Crippen LogP) is 5.14. The fourth-order valence-corrected chi connectivity index (χ4v) is 6.54. The molecule has 0 unspecified atom stereocenters. The molecule has 0 fully saturated rings. The first-order chi connectivity index (χ1) is 15.2. The molecule has 2 aromatic heterocycles. The van der Waals surface area contributed by atoms with E-state index < -0.39 is 0 Å². The molecule has 0 bridgehead atoms. The smallest absolute Gasteiger partial charge is 0.271 e. The molecule has 31 heavy (non-hydrogen) atoms. The second kappa shape index (κ2) is 7.55. The van der Waals surface area contributed by atoms with E-state index in [4.69, 9.17) is 4.99 Å². The third-order valence-corrected chi connectivity index (χ3v) is 8.29. The molecule has 0 amide bonds. The number of allylic oxidation sites excluding steroid dienone is 1. The van der Waals surface area contributed by atoms with E-state index in [1.807, 2.05) is 34.9 Å². The fourth-order valence-electron chi connectivity index (χ4n) is 4.43. The molecule has 2 aliphatic rings.